The highest BCUT2D eigenvalue weighted by molar-refractivity contribution is 5.98. The molecule has 0 aliphatic heterocycles. The van der Waals surface area contributed by atoms with Gasteiger partial charge in [-0.3, -0.25) is 0 Å². The topological polar surface area (TPSA) is 121 Å². The number of benzene rings is 1. The van der Waals surface area contributed by atoms with Crippen LogP contribution in [0.1, 0.15) is 0 Å². The van der Waals surface area contributed by atoms with Gasteiger partial charge in [-0.1, -0.05) is 0 Å². The number of nitrogen functional groups attached to an aromatic ring is 1. The summed E-state index contributed by atoms with van der Waals surface area (Å²) < 4.78 is 11.7. The van der Waals surface area contributed by atoms with Crippen molar-refractivity contribution in [2.45, 2.75) is 0 Å². The third-order valence-corrected chi connectivity index (χ3v) is 3.73. The molecule has 0 aliphatic carbocycles. The lowest BCUT2D eigenvalue weighted by molar-refractivity contribution is 0.254. The van der Waals surface area contributed by atoms with Crippen molar-refractivity contribution in [2.75, 3.05) is 18.2 Å². The van der Waals surface area contributed by atoms with E-state index in [2.05, 4.69) is 20.3 Å². The van der Waals surface area contributed by atoms with Gasteiger partial charge >= 0.3 is 6.03 Å². The van der Waals surface area contributed by atoms with Gasteiger partial charge in [-0.05, 0) is 36.4 Å². The summed E-state index contributed by atoms with van der Waals surface area (Å²) in [4.78, 5) is 25.2. The van der Waals surface area contributed by atoms with Gasteiger partial charge in [-0.25, -0.2) is 19.3 Å². The van der Waals surface area contributed by atoms with Crippen LogP contribution in [0, 0.1) is 0 Å². The maximum absolute atomic E-state index is 12.6. The van der Waals surface area contributed by atoms with E-state index in [9.17, 15) is 4.79 Å². The lowest BCUT2D eigenvalue weighted by Gasteiger charge is -2.07. The van der Waals surface area contributed by atoms with Crippen LogP contribution in [0.2, 0.25) is 0 Å². The first-order valence-electron chi connectivity index (χ1n) is 7.65. The van der Waals surface area contributed by atoms with E-state index < -0.39 is 6.03 Å². The summed E-state index contributed by atoms with van der Waals surface area (Å²) in [6.07, 6.45) is 2.89. The quantitative estimate of drug-likeness (QED) is 0.582. The maximum atomic E-state index is 12.6. The molecule has 9 nitrogen and oxygen atoms in total. The number of hydrogen-bond donors (Lipinski definition) is 2. The number of hydrogen-bond acceptors (Lipinski definition) is 7. The second kappa shape index (κ2) is 6.20. The minimum atomic E-state index is -0.429. The smallest absolute Gasteiger partial charge is 0.332 e. The van der Waals surface area contributed by atoms with Crippen LogP contribution >= 0.6 is 0 Å². The number of carbonyl (C=O) groups is 1. The van der Waals surface area contributed by atoms with Crippen LogP contribution < -0.4 is 15.8 Å². The number of carbonyl (C=O) groups excluding carboxylic acids is 1. The highest BCUT2D eigenvalue weighted by Gasteiger charge is 2.18. The molecule has 130 valence electrons. The number of aromatic nitrogens is 4. The Kier molecular flexibility index (Phi) is 3.73. The number of nitrogens with zero attached hydrogens (tertiary/aromatic N) is 4. The summed E-state index contributed by atoms with van der Waals surface area (Å²) >= 11 is 0. The molecule has 4 rings (SSSR count). The fourth-order valence-electron chi connectivity index (χ4n) is 2.51. The Balaban J connectivity index is 1.71. The summed E-state index contributed by atoms with van der Waals surface area (Å²) in [6.45, 7) is 0. The maximum Gasteiger partial charge on any atom is 0.332 e. The molecule has 0 fully saturated rings. The summed E-state index contributed by atoms with van der Waals surface area (Å²) in [5.41, 5.74) is 7.52. The normalized spacial score (nSPS) is 10.8. The largest absolute Gasteiger partial charge is 0.497 e. The highest BCUT2D eigenvalue weighted by Crippen LogP contribution is 2.26. The number of nitrogens with two attached hydrogens (primary N) is 1. The molecule has 0 radical (unpaired) electrons. The van der Waals surface area contributed by atoms with Crippen LogP contribution in [-0.4, -0.2) is 32.7 Å². The minimum Gasteiger partial charge on any atom is -0.497 e. The van der Waals surface area contributed by atoms with E-state index >= 15 is 0 Å². The predicted octanol–water partition coefficient (Wildman–Crippen LogP) is 2.76. The number of methoxy groups -OCH3 is 1. The Bertz CT molecular complexity index is 1070. The number of amides is 1. The average Bonchev–Trinajstić information content (AvgIpc) is 3.31. The van der Waals surface area contributed by atoms with Crippen molar-refractivity contribution in [1.82, 2.24) is 19.5 Å². The Morgan fingerprint density at radius 1 is 1.23 bits per heavy atom. The minimum absolute atomic E-state index is 0.0166. The Labute approximate surface area is 147 Å². The zero-order chi connectivity index (χ0) is 18.1. The molecule has 0 aliphatic rings. The van der Waals surface area contributed by atoms with Gasteiger partial charge in [0.05, 0.1) is 13.4 Å². The number of ether oxygens (including phenoxy) is 1. The third-order valence-electron chi connectivity index (χ3n) is 3.73. The molecule has 4 aromatic rings. The second-order valence-corrected chi connectivity index (χ2v) is 5.35. The fraction of sp³-hybridized carbons (Fsp3) is 0.0588. The van der Waals surface area contributed by atoms with Crippen molar-refractivity contribution in [2.24, 2.45) is 0 Å². The van der Waals surface area contributed by atoms with Crippen LogP contribution in [0.15, 0.2) is 53.4 Å². The number of furan rings is 1. The first kappa shape index (κ1) is 15.6. The molecule has 3 N–H and O–H groups in total. The zero-order valence-corrected chi connectivity index (χ0v) is 13.7. The molecule has 1 aromatic carbocycles. The van der Waals surface area contributed by atoms with Crippen molar-refractivity contribution in [3.05, 3.63) is 49.0 Å². The third kappa shape index (κ3) is 2.71. The molecule has 0 unspecified atom stereocenters. The van der Waals surface area contributed by atoms with Gasteiger partial charge < -0.3 is 20.2 Å². The molecule has 9 heteroatoms. The Morgan fingerprint density at radius 2 is 2.04 bits per heavy atom. The van der Waals surface area contributed by atoms with Crippen LogP contribution in [0.4, 0.5) is 16.4 Å². The van der Waals surface area contributed by atoms with Gasteiger partial charge in [-0.2, -0.15) is 4.98 Å². The predicted molar refractivity (Wildman–Crippen MR) is 94.8 cm³/mol. The number of nitrogens with one attached hydrogen (secondary N) is 1. The molecular weight excluding hydrogens is 336 g/mol. The molecule has 26 heavy (non-hydrogen) atoms. The number of imidazole rings is 1. The SMILES string of the molecule is COc1ccc(NC(=O)n2cnc3c(-c4ccco4)nc(N)nc32)cc1. The van der Waals surface area contributed by atoms with Crippen molar-refractivity contribution in [3.63, 3.8) is 0 Å². The van der Waals surface area contributed by atoms with E-state index in [-0.39, 0.29) is 11.6 Å². The van der Waals surface area contributed by atoms with E-state index in [1.54, 1.807) is 43.5 Å². The Morgan fingerprint density at radius 3 is 2.73 bits per heavy atom. The monoisotopic (exact) mass is 350 g/mol. The second-order valence-electron chi connectivity index (χ2n) is 5.35. The van der Waals surface area contributed by atoms with Crippen molar-refractivity contribution in [1.29, 1.82) is 0 Å². The first-order chi connectivity index (χ1) is 12.7. The zero-order valence-electron chi connectivity index (χ0n) is 13.7. The van der Waals surface area contributed by atoms with E-state index in [0.29, 0.717) is 28.4 Å². The van der Waals surface area contributed by atoms with Crippen LogP contribution in [0.25, 0.3) is 22.6 Å². The number of fused-ring (bicyclic) bond motifs is 1. The van der Waals surface area contributed by atoms with Crippen LogP contribution in [-0.2, 0) is 0 Å². The van der Waals surface area contributed by atoms with E-state index in [1.807, 2.05) is 0 Å². The average molecular weight is 350 g/mol. The molecule has 3 aromatic heterocycles. The van der Waals surface area contributed by atoms with Crippen LogP contribution in [0.3, 0.4) is 0 Å². The van der Waals surface area contributed by atoms with E-state index in [4.69, 9.17) is 14.9 Å². The van der Waals surface area contributed by atoms with Gasteiger partial charge in [0.15, 0.2) is 11.4 Å². The molecule has 1 amide bonds. The van der Waals surface area contributed by atoms with E-state index in [1.165, 1.54) is 17.2 Å². The fourth-order valence-corrected chi connectivity index (χ4v) is 2.51. The number of anilines is 2. The summed E-state index contributed by atoms with van der Waals surface area (Å²) in [5.74, 6) is 1.20. The van der Waals surface area contributed by atoms with Gasteiger partial charge in [0.1, 0.15) is 23.3 Å². The molecule has 0 saturated carbocycles. The van der Waals surface area contributed by atoms with Gasteiger partial charge in [0, 0.05) is 5.69 Å². The van der Waals surface area contributed by atoms with Gasteiger partial charge in [0.2, 0.25) is 5.95 Å². The van der Waals surface area contributed by atoms with Crippen molar-refractivity contribution < 1.29 is 13.9 Å². The van der Waals surface area contributed by atoms with E-state index in [0.717, 1.165) is 0 Å². The molecule has 0 bridgehead atoms. The molecular formula is C17H14N6O3. The van der Waals surface area contributed by atoms with Crippen molar-refractivity contribution >= 4 is 28.8 Å². The highest BCUT2D eigenvalue weighted by atomic mass is 16.5. The summed E-state index contributed by atoms with van der Waals surface area (Å²) in [5, 5.41) is 2.77. The molecule has 0 saturated heterocycles. The summed E-state index contributed by atoms with van der Waals surface area (Å²) in [7, 11) is 1.58. The lowest BCUT2D eigenvalue weighted by atomic mass is 10.3. The Hall–Kier alpha value is -3.88. The van der Waals surface area contributed by atoms with Crippen LogP contribution in [0.5, 0.6) is 5.75 Å². The van der Waals surface area contributed by atoms with Gasteiger partial charge in [-0.15, -0.1) is 0 Å². The standard InChI is InChI=1S/C17H14N6O3/c1-25-11-6-4-10(5-7-11)20-17(24)23-9-19-14-13(12-3-2-8-26-12)21-16(18)22-15(14)23/h2-9H,1H3,(H,20,24)(H2,18,21,22). The number of rotatable bonds is 3. The first-order valence-corrected chi connectivity index (χ1v) is 7.65. The lowest BCUT2D eigenvalue weighted by Crippen LogP contribution is -2.19. The van der Waals surface area contributed by atoms with Gasteiger partial charge in [0.25, 0.3) is 0 Å². The molecule has 3 heterocycles. The molecule has 0 atom stereocenters. The van der Waals surface area contributed by atoms with Crippen molar-refractivity contribution in [3.8, 4) is 17.2 Å². The molecule has 0 spiro atoms. The summed E-state index contributed by atoms with van der Waals surface area (Å²) in [6, 6.07) is 9.99.